The molecular weight excluding hydrogens is 388 g/mol. The molecule has 0 fully saturated rings. The number of aryl methyl sites for hydroxylation is 2. The van der Waals surface area contributed by atoms with Gasteiger partial charge in [0.25, 0.3) is 5.56 Å². The first-order chi connectivity index (χ1) is 14.2. The molecule has 1 aromatic carbocycles. The molecule has 3 aromatic heterocycles. The molecule has 0 spiro atoms. The van der Waals surface area contributed by atoms with E-state index < -0.39 is 0 Å². The summed E-state index contributed by atoms with van der Waals surface area (Å²) in [6.45, 7) is 2.67. The van der Waals surface area contributed by atoms with Crippen molar-refractivity contribution in [3.8, 4) is 17.1 Å². The lowest BCUT2D eigenvalue weighted by molar-refractivity contribution is 0.340. The fraction of sp³-hybridized carbons (Fsp3) is 0.333. The summed E-state index contributed by atoms with van der Waals surface area (Å²) in [5.41, 5.74) is 1.90. The van der Waals surface area contributed by atoms with E-state index in [1.807, 2.05) is 31.2 Å². The number of ether oxygens (including phenoxy) is 1. The molecule has 29 heavy (non-hydrogen) atoms. The maximum atomic E-state index is 13.1. The highest BCUT2D eigenvalue weighted by Crippen LogP contribution is 2.33. The van der Waals surface area contributed by atoms with Gasteiger partial charge in [0.05, 0.1) is 23.9 Å². The van der Waals surface area contributed by atoms with Crippen molar-refractivity contribution < 1.29 is 9.26 Å². The van der Waals surface area contributed by atoms with Gasteiger partial charge in [0.1, 0.15) is 17.1 Å². The Kier molecular flexibility index (Phi) is 4.63. The number of para-hydroxylation sites is 1. The number of rotatable bonds is 5. The van der Waals surface area contributed by atoms with E-state index in [0.29, 0.717) is 24.1 Å². The van der Waals surface area contributed by atoms with Crippen LogP contribution in [0.5, 0.6) is 5.75 Å². The molecule has 0 saturated heterocycles. The predicted molar refractivity (Wildman–Crippen MR) is 111 cm³/mol. The maximum absolute atomic E-state index is 13.1. The lowest BCUT2D eigenvalue weighted by Gasteiger charge is -2.10. The second kappa shape index (κ2) is 7.44. The topological polar surface area (TPSA) is 83.0 Å². The van der Waals surface area contributed by atoms with Crippen molar-refractivity contribution in [1.29, 1.82) is 0 Å². The Morgan fingerprint density at radius 3 is 3.00 bits per heavy atom. The Labute approximate surface area is 171 Å². The molecule has 1 aliphatic carbocycles. The third kappa shape index (κ3) is 3.23. The summed E-state index contributed by atoms with van der Waals surface area (Å²) in [5, 5.41) is 4.84. The third-order valence-corrected chi connectivity index (χ3v) is 6.34. The largest absolute Gasteiger partial charge is 0.493 e. The minimum absolute atomic E-state index is 0.0381. The highest BCUT2D eigenvalue weighted by molar-refractivity contribution is 7.18. The summed E-state index contributed by atoms with van der Waals surface area (Å²) in [5.74, 6) is 1.50. The number of benzene rings is 1. The summed E-state index contributed by atoms with van der Waals surface area (Å²) >= 11 is 1.65. The zero-order valence-electron chi connectivity index (χ0n) is 16.1. The van der Waals surface area contributed by atoms with Crippen LogP contribution in [0, 0.1) is 0 Å². The van der Waals surface area contributed by atoms with E-state index in [1.54, 1.807) is 22.2 Å². The molecule has 148 valence electrons. The summed E-state index contributed by atoms with van der Waals surface area (Å²) in [4.78, 5) is 24.2. The molecule has 3 heterocycles. The highest BCUT2D eigenvalue weighted by atomic mass is 32.1. The van der Waals surface area contributed by atoms with Crippen molar-refractivity contribution in [2.24, 2.45) is 0 Å². The van der Waals surface area contributed by atoms with Crippen LogP contribution in [0.25, 0.3) is 21.6 Å². The minimum atomic E-state index is -0.0381. The first kappa shape index (κ1) is 18.1. The van der Waals surface area contributed by atoms with Crippen LogP contribution in [-0.4, -0.2) is 26.3 Å². The lowest BCUT2D eigenvalue weighted by atomic mass is 9.97. The van der Waals surface area contributed by atoms with Crippen molar-refractivity contribution in [3.05, 3.63) is 57.3 Å². The van der Waals surface area contributed by atoms with Gasteiger partial charge in [0.15, 0.2) is 0 Å². The second-order valence-corrected chi connectivity index (χ2v) is 8.09. The molecular formula is C21H20N4O3S. The van der Waals surface area contributed by atoms with Crippen LogP contribution in [0.1, 0.15) is 36.1 Å². The van der Waals surface area contributed by atoms with Crippen LogP contribution in [0.2, 0.25) is 0 Å². The van der Waals surface area contributed by atoms with Gasteiger partial charge in [-0.05, 0) is 50.3 Å². The summed E-state index contributed by atoms with van der Waals surface area (Å²) < 4.78 is 12.6. The molecule has 8 heteroatoms. The second-order valence-electron chi connectivity index (χ2n) is 7.01. The van der Waals surface area contributed by atoms with Crippen LogP contribution < -0.4 is 10.3 Å². The molecule has 0 bridgehead atoms. The lowest BCUT2D eigenvalue weighted by Crippen LogP contribution is -2.21. The number of hydrogen-bond acceptors (Lipinski definition) is 7. The zero-order chi connectivity index (χ0) is 19.8. The van der Waals surface area contributed by atoms with E-state index in [0.717, 1.165) is 35.0 Å². The SMILES string of the molecule is CCOc1ccccc1-c1noc(Cn2cnc3sc4c(c3c2=O)CCCC4)n1. The molecule has 4 aromatic rings. The van der Waals surface area contributed by atoms with Crippen molar-refractivity contribution in [2.45, 2.75) is 39.2 Å². The van der Waals surface area contributed by atoms with E-state index in [9.17, 15) is 4.79 Å². The van der Waals surface area contributed by atoms with Crippen LogP contribution in [0.15, 0.2) is 39.9 Å². The number of thiophene rings is 1. The Morgan fingerprint density at radius 2 is 2.10 bits per heavy atom. The summed E-state index contributed by atoms with van der Waals surface area (Å²) in [6, 6.07) is 7.56. The molecule has 5 rings (SSSR count). The Bertz CT molecular complexity index is 1240. The van der Waals surface area contributed by atoms with E-state index in [-0.39, 0.29) is 12.1 Å². The van der Waals surface area contributed by atoms with Crippen molar-refractivity contribution >= 4 is 21.6 Å². The number of aromatic nitrogens is 4. The van der Waals surface area contributed by atoms with E-state index in [1.165, 1.54) is 16.9 Å². The van der Waals surface area contributed by atoms with Gasteiger partial charge in [-0.15, -0.1) is 11.3 Å². The Balaban J connectivity index is 1.48. The van der Waals surface area contributed by atoms with Gasteiger partial charge in [-0.3, -0.25) is 9.36 Å². The average molecular weight is 408 g/mol. The van der Waals surface area contributed by atoms with Gasteiger partial charge in [-0.25, -0.2) is 4.98 Å². The van der Waals surface area contributed by atoms with E-state index >= 15 is 0 Å². The highest BCUT2D eigenvalue weighted by Gasteiger charge is 2.21. The molecule has 0 unspecified atom stereocenters. The van der Waals surface area contributed by atoms with Gasteiger partial charge >= 0.3 is 0 Å². The summed E-state index contributed by atoms with van der Waals surface area (Å²) in [6.07, 6.45) is 5.88. The van der Waals surface area contributed by atoms with Crippen molar-refractivity contribution in [1.82, 2.24) is 19.7 Å². The van der Waals surface area contributed by atoms with Crippen molar-refractivity contribution in [2.75, 3.05) is 6.61 Å². The predicted octanol–water partition coefficient (Wildman–Crippen LogP) is 3.83. The van der Waals surface area contributed by atoms with Gasteiger partial charge in [0.2, 0.25) is 11.7 Å². The molecule has 0 atom stereocenters. The van der Waals surface area contributed by atoms with Crippen molar-refractivity contribution in [3.63, 3.8) is 0 Å². The summed E-state index contributed by atoms with van der Waals surface area (Å²) in [7, 11) is 0. The monoisotopic (exact) mass is 408 g/mol. The Morgan fingerprint density at radius 1 is 1.24 bits per heavy atom. The van der Waals surface area contributed by atoms with Gasteiger partial charge in [-0.1, -0.05) is 17.3 Å². The normalized spacial score (nSPS) is 13.6. The Hall–Kier alpha value is -3.00. The fourth-order valence-corrected chi connectivity index (χ4v) is 5.02. The first-order valence-corrected chi connectivity index (χ1v) is 10.6. The van der Waals surface area contributed by atoms with E-state index in [4.69, 9.17) is 9.26 Å². The fourth-order valence-electron chi connectivity index (χ4n) is 3.80. The molecule has 0 aliphatic heterocycles. The molecule has 0 amide bonds. The number of nitrogens with zero attached hydrogens (tertiary/aromatic N) is 4. The zero-order valence-corrected chi connectivity index (χ0v) is 16.9. The van der Waals surface area contributed by atoms with Crippen LogP contribution >= 0.6 is 11.3 Å². The first-order valence-electron chi connectivity index (χ1n) is 9.79. The van der Waals surface area contributed by atoms with Gasteiger partial charge < -0.3 is 9.26 Å². The quantitative estimate of drug-likeness (QED) is 0.499. The molecule has 7 nitrogen and oxygen atoms in total. The number of fused-ring (bicyclic) bond motifs is 3. The molecule has 0 N–H and O–H groups in total. The maximum Gasteiger partial charge on any atom is 0.262 e. The van der Waals surface area contributed by atoms with Crippen LogP contribution in [-0.2, 0) is 19.4 Å². The smallest absolute Gasteiger partial charge is 0.262 e. The van der Waals surface area contributed by atoms with Gasteiger partial charge in [-0.2, -0.15) is 4.98 Å². The molecule has 1 aliphatic rings. The average Bonchev–Trinajstić information content (AvgIpc) is 3.35. The minimum Gasteiger partial charge on any atom is -0.493 e. The van der Waals surface area contributed by atoms with Gasteiger partial charge in [0, 0.05) is 4.88 Å². The van der Waals surface area contributed by atoms with Crippen LogP contribution in [0.4, 0.5) is 0 Å². The molecule has 0 saturated carbocycles. The van der Waals surface area contributed by atoms with Crippen LogP contribution in [0.3, 0.4) is 0 Å². The third-order valence-electron chi connectivity index (χ3n) is 5.14. The number of hydrogen-bond donors (Lipinski definition) is 0. The molecule has 0 radical (unpaired) electrons. The standard InChI is InChI=1S/C21H20N4O3S/c1-2-27-15-9-5-3-7-13(15)19-23-17(28-24-19)11-25-12-22-20-18(21(25)26)14-8-4-6-10-16(14)29-20/h3,5,7,9,12H,2,4,6,8,10-11H2,1H3. The van der Waals surface area contributed by atoms with E-state index in [2.05, 4.69) is 15.1 Å².